The number of hydrogen-bond acceptors (Lipinski definition) is 1. The maximum atomic E-state index is 2.49. The summed E-state index contributed by atoms with van der Waals surface area (Å²) in [5, 5.41) is 5.62. The smallest absolute Gasteiger partial charge is 0.0368 e. The van der Waals surface area contributed by atoms with Crippen LogP contribution in [-0.2, 0) is 5.41 Å². The van der Waals surface area contributed by atoms with Crippen molar-refractivity contribution in [2.75, 3.05) is 0 Å². The van der Waals surface area contributed by atoms with Crippen LogP contribution in [0.1, 0.15) is 25.0 Å². The van der Waals surface area contributed by atoms with Crippen LogP contribution < -0.4 is 0 Å². The zero-order chi connectivity index (χ0) is 29.2. The predicted octanol–water partition coefficient (Wildman–Crippen LogP) is 12.5. The maximum absolute atomic E-state index is 2.49. The van der Waals surface area contributed by atoms with E-state index in [2.05, 4.69) is 147 Å². The van der Waals surface area contributed by atoms with Gasteiger partial charge in [-0.2, -0.15) is 0 Å². The van der Waals surface area contributed by atoms with Crippen LogP contribution in [0.4, 0.5) is 0 Å². The van der Waals surface area contributed by atoms with Gasteiger partial charge in [0.25, 0.3) is 0 Å². The third-order valence-electron chi connectivity index (χ3n) is 10.2. The van der Waals surface area contributed by atoms with Gasteiger partial charge in [0.05, 0.1) is 0 Å². The van der Waals surface area contributed by atoms with Crippen molar-refractivity contribution in [2.24, 2.45) is 0 Å². The van der Waals surface area contributed by atoms with E-state index in [0.29, 0.717) is 0 Å². The largest absolute Gasteiger partial charge is 0.135 e. The predicted molar refractivity (Wildman–Crippen MR) is 190 cm³/mol. The van der Waals surface area contributed by atoms with Gasteiger partial charge in [0.2, 0.25) is 0 Å². The number of thiophene rings is 1. The van der Waals surface area contributed by atoms with Gasteiger partial charge < -0.3 is 0 Å². The molecule has 44 heavy (non-hydrogen) atoms. The molecule has 0 amide bonds. The maximum Gasteiger partial charge on any atom is 0.0368 e. The monoisotopic (exact) mass is 576 g/mol. The molecule has 0 atom stereocenters. The molecule has 0 bridgehead atoms. The second kappa shape index (κ2) is 8.56. The normalized spacial score (nSPS) is 13.9. The van der Waals surface area contributed by atoms with Crippen molar-refractivity contribution < 1.29 is 0 Å². The van der Waals surface area contributed by atoms with Crippen LogP contribution in [0.3, 0.4) is 0 Å². The first-order valence-electron chi connectivity index (χ1n) is 15.4. The van der Waals surface area contributed by atoms with E-state index in [1.165, 1.54) is 97.7 Å². The molecule has 2 aliphatic rings. The van der Waals surface area contributed by atoms with Crippen molar-refractivity contribution >= 4 is 42.3 Å². The Bertz CT molecular complexity index is 2510. The quantitative estimate of drug-likeness (QED) is 0.196. The molecule has 206 valence electrons. The standard InChI is InChI=1S/C43H28S/c1-43(2)34-20-10-18-30-31-19-11-21-36-39(31)42-37(44-36)24-33(32-22-23-35(43)41(38(30)34)40(32)42)29-17-9-8-16-28(29)27-15-7-6-14-26(27)25-12-4-3-5-13-25/h3-24H,1-2H3. The highest BCUT2D eigenvalue weighted by Crippen LogP contribution is 2.60. The van der Waals surface area contributed by atoms with E-state index >= 15 is 0 Å². The second-order valence-corrected chi connectivity index (χ2v) is 13.9. The van der Waals surface area contributed by atoms with Gasteiger partial charge in [-0.25, -0.2) is 0 Å². The summed E-state index contributed by atoms with van der Waals surface area (Å²) in [5.41, 5.74) is 16.1. The average Bonchev–Trinajstić information content (AvgIpc) is 3.52. The Morgan fingerprint density at radius 2 is 1.02 bits per heavy atom. The molecule has 0 spiro atoms. The number of rotatable bonds is 3. The molecule has 0 N–H and O–H groups in total. The van der Waals surface area contributed by atoms with Crippen molar-refractivity contribution in [1.82, 2.24) is 0 Å². The number of hydrogen-bond donors (Lipinski definition) is 0. The Balaban J connectivity index is 1.37. The Morgan fingerprint density at radius 3 is 1.82 bits per heavy atom. The lowest BCUT2D eigenvalue weighted by Crippen LogP contribution is -2.14. The Hall–Kier alpha value is -4.98. The lowest BCUT2D eigenvalue weighted by atomic mass is 9.80. The summed E-state index contributed by atoms with van der Waals surface area (Å²) in [6.07, 6.45) is 0. The summed E-state index contributed by atoms with van der Waals surface area (Å²) in [7, 11) is 0. The molecule has 1 heterocycles. The van der Waals surface area contributed by atoms with Crippen molar-refractivity contribution in [3.8, 4) is 55.6 Å². The van der Waals surface area contributed by atoms with E-state index in [1.54, 1.807) is 0 Å². The van der Waals surface area contributed by atoms with Crippen molar-refractivity contribution in [1.29, 1.82) is 0 Å². The van der Waals surface area contributed by atoms with Crippen molar-refractivity contribution in [2.45, 2.75) is 19.3 Å². The second-order valence-electron chi connectivity index (χ2n) is 12.8. The average molecular weight is 577 g/mol. The van der Waals surface area contributed by atoms with Gasteiger partial charge in [-0.05, 0) is 89.7 Å². The molecule has 0 saturated heterocycles. The highest BCUT2D eigenvalue weighted by molar-refractivity contribution is 7.26. The molecule has 0 nitrogen and oxygen atoms in total. The minimum Gasteiger partial charge on any atom is -0.135 e. The molecule has 0 saturated carbocycles. The Kier molecular flexibility index (Phi) is 4.76. The molecule has 0 radical (unpaired) electrons. The molecular weight excluding hydrogens is 549 g/mol. The third-order valence-corrected chi connectivity index (χ3v) is 11.3. The fraction of sp³-hybridized carbons (Fsp3) is 0.0698. The first-order valence-corrected chi connectivity index (χ1v) is 16.3. The van der Waals surface area contributed by atoms with E-state index in [9.17, 15) is 0 Å². The lowest BCUT2D eigenvalue weighted by molar-refractivity contribution is 0.661. The van der Waals surface area contributed by atoms with Crippen LogP contribution in [0.5, 0.6) is 0 Å². The topological polar surface area (TPSA) is 0 Å². The third kappa shape index (κ3) is 3.02. The first-order chi connectivity index (χ1) is 21.6. The summed E-state index contributed by atoms with van der Waals surface area (Å²) in [4.78, 5) is 0. The molecule has 8 aromatic rings. The minimum atomic E-state index is -0.0504. The molecule has 7 aromatic carbocycles. The Morgan fingerprint density at radius 1 is 0.409 bits per heavy atom. The summed E-state index contributed by atoms with van der Waals surface area (Å²) in [5.74, 6) is 0. The number of benzene rings is 7. The highest BCUT2D eigenvalue weighted by atomic mass is 32.1. The van der Waals surface area contributed by atoms with Gasteiger partial charge in [-0.1, -0.05) is 135 Å². The molecule has 1 heteroatoms. The molecule has 0 fully saturated rings. The molecule has 10 rings (SSSR count). The van der Waals surface area contributed by atoms with Gasteiger partial charge in [-0.15, -0.1) is 11.3 Å². The molecule has 0 aliphatic heterocycles. The van der Waals surface area contributed by atoms with E-state index < -0.39 is 0 Å². The minimum absolute atomic E-state index is 0.0504. The van der Waals surface area contributed by atoms with Crippen LogP contribution in [0.15, 0.2) is 133 Å². The van der Waals surface area contributed by atoms with Crippen LogP contribution in [-0.4, -0.2) is 0 Å². The van der Waals surface area contributed by atoms with Gasteiger partial charge in [0, 0.05) is 25.6 Å². The molecule has 1 aromatic heterocycles. The van der Waals surface area contributed by atoms with Crippen molar-refractivity contribution in [3.05, 3.63) is 145 Å². The lowest BCUT2D eigenvalue weighted by Gasteiger charge is -2.23. The highest BCUT2D eigenvalue weighted by Gasteiger charge is 2.40. The van der Waals surface area contributed by atoms with Crippen LogP contribution >= 0.6 is 11.3 Å². The fourth-order valence-electron chi connectivity index (χ4n) is 8.29. The molecule has 0 unspecified atom stereocenters. The van der Waals surface area contributed by atoms with Gasteiger partial charge in [0.15, 0.2) is 0 Å². The molecular formula is C43H28S. The van der Waals surface area contributed by atoms with Crippen LogP contribution in [0.2, 0.25) is 0 Å². The van der Waals surface area contributed by atoms with Gasteiger partial charge in [-0.3, -0.25) is 0 Å². The van der Waals surface area contributed by atoms with Crippen molar-refractivity contribution in [3.63, 3.8) is 0 Å². The van der Waals surface area contributed by atoms with Gasteiger partial charge >= 0.3 is 0 Å². The van der Waals surface area contributed by atoms with E-state index in [1.807, 2.05) is 11.3 Å². The van der Waals surface area contributed by atoms with Crippen LogP contribution in [0.25, 0.3) is 86.6 Å². The summed E-state index contributed by atoms with van der Waals surface area (Å²) >= 11 is 1.94. The molecule has 2 aliphatic carbocycles. The van der Waals surface area contributed by atoms with E-state index in [4.69, 9.17) is 0 Å². The van der Waals surface area contributed by atoms with E-state index in [-0.39, 0.29) is 5.41 Å². The first kappa shape index (κ1) is 24.5. The van der Waals surface area contributed by atoms with Crippen LogP contribution in [0, 0.1) is 0 Å². The zero-order valence-electron chi connectivity index (χ0n) is 24.6. The van der Waals surface area contributed by atoms with E-state index in [0.717, 1.165) is 0 Å². The SMILES string of the molecule is CC1(C)c2cccc3c2-c2c1ccc1c(-c4ccccc4-c4ccccc4-c4ccccc4)cc4sc5cccc-3c5c4c21. The summed E-state index contributed by atoms with van der Waals surface area (Å²) in [6.45, 7) is 4.81. The zero-order valence-corrected chi connectivity index (χ0v) is 25.4. The summed E-state index contributed by atoms with van der Waals surface area (Å²) < 4.78 is 2.74. The number of fused-ring (bicyclic) bond motifs is 1. The Labute approximate surface area is 260 Å². The van der Waals surface area contributed by atoms with Gasteiger partial charge in [0.1, 0.15) is 0 Å². The fourth-order valence-corrected chi connectivity index (χ4v) is 9.47. The summed E-state index contributed by atoms with van der Waals surface area (Å²) in [6, 6.07) is 49.9.